The highest BCUT2D eigenvalue weighted by Gasteiger charge is 2.43. The van der Waals surface area contributed by atoms with E-state index in [-0.39, 0.29) is 16.9 Å². The first-order valence-corrected chi connectivity index (χ1v) is 10.5. The summed E-state index contributed by atoms with van der Waals surface area (Å²) in [6.45, 7) is 3.41. The van der Waals surface area contributed by atoms with Crippen LogP contribution in [0.1, 0.15) is 44.3 Å². The van der Waals surface area contributed by atoms with Gasteiger partial charge in [0.15, 0.2) is 0 Å². The molecule has 1 aromatic heterocycles. The summed E-state index contributed by atoms with van der Waals surface area (Å²) in [5.41, 5.74) is -0.158. The van der Waals surface area contributed by atoms with E-state index >= 15 is 0 Å². The molecule has 1 aromatic rings. The minimum absolute atomic E-state index is 0.0287. The molecular weight excluding hydrogens is 328 g/mol. The first kappa shape index (κ1) is 16.6. The van der Waals surface area contributed by atoms with Crippen LogP contribution >= 0.6 is 0 Å². The summed E-state index contributed by atoms with van der Waals surface area (Å²) >= 11 is 0. The smallest absolute Gasteiger partial charge is 0.214 e. The van der Waals surface area contributed by atoms with Crippen molar-refractivity contribution in [3.63, 3.8) is 0 Å². The van der Waals surface area contributed by atoms with E-state index in [1.165, 1.54) is 0 Å². The Morgan fingerprint density at radius 2 is 2.04 bits per heavy atom. The van der Waals surface area contributed by atoms with Gasteiger partial charge in [-0.25, -0.2) is 13.1 Å². The second-order valence-corrected chi connectivity index (χ2v) is 9.43. The molecule has 1 atom stereocenters. The molecule has 0 radical (unpaired) electrons. The third-order valence-corrected chi connectivity index (χ3v) is 7.52. The molecule has 2 saturated heterocycles. The lowest BCUT2D eigenvalue weighted by molar-refractivity contribution is -0.118. The average molecular weight is 354 g/mol. The van der Waals surface area contributed by atoms with E-state index < -0.39 is 10.0 Å². The molecule has 3 fully saturated rings. The van der Waals surface area contributed by atoms with E-state index in [0.717, 1.165) is 63.9 Å². The van der Waals surface area contributed by atoms with Crippen LogP contribution in [0.4, 0.5) is 0 Å². The van der Waals surface area contributed by atoms with Gasteiger partial charge in [-0.3, -0.25) is 4.90 Å². The number of hydrogen-bond acceptors (Lipinski definition) is 5. The summed E-state index contributed by atoms with van der Waals surface area (Å²) in [7, 11) is -3.12. The number of rotatable bonds is 5. The van der Waals surface area contributed by atoms with E-state index in [1.807, 2.05) is 12.1 Å². The Morgan fingerprint density at radius 3 is 2.71 bits per heavy atom. The molecule has 24 heavy (non-hydrogen) atoms. The molecule has 2 aliphatic heterocycles. The second-order valence-electron chi connectivity index (χ2n) is 7.44. The Balaban J connectivity index is 1.32. The van der Waals surface area contributed by atoms with Crippen molar-refractivity contribution < 1.29 is 17.6 Å². The van der Waals surface area contributed by atoms with Crippen LogP contribution in [-0.4, -0.2) is 49.9 Å². The van der Waals surface area contributed by atoms with Crippen molar-refractivity contribution in [1.82, 2.24) is 9.62 Å². The van der Waals surface area contributed by atoms with Crippen LogP contribution < -0.4 is 4.72 Å². The fourth-order valence-electron chi connectivity index (χ4n) is 3.93. The maximum absolute atomic E-state index is 12.2. The zero-order valence-corrected chi connectivity index (χ0v) is 14.8. The van der Waals surface area contributed by atoms with E-state index in [0.29, 0.717) is 6.61 Å². The van der Waals surface area contributed by atoms with E-state index in [9.17, 15) is 8.42 Å². The van der Waals surface area contributed by atoms with Gasteiger partial charge in [-0.1, -0.05) is 0 Å². The maximum Gasteiger partial charge on any atom is 0.214 e. The second kappa shape index (κ2) is 6.44. The lowest BCUT2D eigenvalue weighted by atomic mass is 9.82. The van der Waals surface area contributed by atoms with Gasteiger partial charge in [0.1, 0.15) is 5.76 Å². The van der Waals surface area contributed by atoms with Crippen LogP contribution in [0.2, 0.25) is 0 Å². The van der Waals surface area contributed by atoms with Crippen molar-refractivity contribution in [2.75, 3.05) is 19.7 Å². The van der Waals surface area contributed by atoms with Crippen LogP contribution in [-0.2, 0) is 21.3 Å². The Kier molecular flexibility index (Phi) is 4.45. The average Bonchev–Trinajstić information content (AvgIpc) is 3.30. The molecule has 1 aliphatic carbocycles. The van der Waals surface area contributed by atoms with Crippen molar-refractivity contribution in [2.24, 2.45) is 0 Å². The lowest BCUT2D eigenvalue weighted by Crippen LogP contribution is -2.53. The molecule has 0 bridgehead atoms. The quantitative estimate of drug-likeness (QED) is 0.874. The van der Waals surface area contributed by atoms with Gasteiger partial charge in [-0.15, -0.1) is 0 Å². The minimum atomic E-state index is -3.12. The molecule has 1 N–H and O–H groups in total. The molecule has 0 unspecified atom stereocenters. The normalized spacial score (nSPS) is 28.2. The van der Waals surface area contributed by atoms with Crippen molar-refractivity contribution in [2.45, 2.75) is 62.0 Å². The zero-order valence-electron chi connectivity index (χ0n) is 13.9. The SMILES string of the molecule is O=S(=O)(N[C@@H]1CCOC2(CCN(Cc3ccco3)CC2)C1)C1CC1. The summed E-state index contributed by atoms with van der Waals surface area (Å²) < 4.78 is 38.9. The molecule has 134 valence electrons. The predicted octanol–water partition coefficient (Wildman–Crippen LogP) is 1.88. The number of ether oxygens (including phenoxy) is 1. The maximum atomic E-state index is 12.2. The Labute approximate surface area is 143 Å². The van der Waals surface area contributed by atoms with Crippen LogP contribution in [0.3, 0.4) is 0 Å². The van der Waals surface area contributed by atoms with Gasteiger partial charge in [-0.05, 0) is 50.7 Å². The summed E-state index contributed by atoms with van der Waals surface area (Å²) in [5, 5.41) is -0.147. The molecule has 0 aromatic carbocycles. The third kappa shape index (κ3) is 3.69. The van der Waals surface area contributed by atoms with E-state index in [2.05, 4.69) is 9.62 Å². The van der Waals surface area contributed by atoms with Crippen LogP contribution in [0, 0.1) is 0 Å². The first-order valence-electron chi connectivity index (χ1n) is 8.95. The van der Waals surface area contributed by atoms with Gasteiger partial charge >= 0.3 is 0 Å². The summed E-state index contributed by atoms with van der Waals surface area (Å²) in [4.78, 5) is 2.38. The Bertz CT molecular complexity index is 646. The molecule has 1 saturated carbocycles. The van der Waals surface area contributed by atoms with Gasteiger partial charge in [0.25, 0.3) is 0 Å². The molecule has 3 aliphatic rings. The number of piperidine rings is 1. The van der Waals surface area contributed by atoms with Gasteiger partial charge in [-0.2, -0.15) is 0 Å². The van der Waals surface area contributed by atoms with E-state index in [1.54, 1.807) is 6.26 Å². The standard InChI is InChI=1S/C17H26N2O4S/c20-24(21,16-3-4-16)18-14-5-11-23-17(12-14)6-8-19(9-7-17)13-15-2-1-10-22-15/h1-2,10,14,16,18H,3-9,11-13H2/t14-/m1/s1. The fourth-order valence-corrected chi connectivity index (χ4v) is 5.54. The number of sulfonamides is 1. The molecule has 3 heterocycles. The summed E-state index contributed by atoms with van der Waals surface area (Å²) in [6, 6.07) is 3.95. The van der Waals surface area contributed by atoms with E-state index in [4.69, 9.17) is 9.15 Å². The topological polar surface area (TPSA) is 71.8 Å². The molecular formula is C17H26N2O4S. The largest absolute Gasteiger partial charge is 0.468 e. The highest BCUT2D eigenvalue weighted by atomic mass is 32.2. The van der Waals surface area contributed by atoms with Crippen LogP contribution in [0.15, 0.2) is 22.8 Å². The molecule has 4 rings (SSSR count). The van der Waals surface area contributed by atoms with Crippen molar-refractivity contribution >= 4 is 10.0 Å². The number of nitrogens with zero attached hydrogens (tertiary/aromatic N) is 1. The number of likely N-dealkylation sites (tertiary alicyclic amines) is 1. The summed E-state index contributed by atoms with van der Waals surface area (Å²) in [5.74, 6) is 0.991. The Hall–Kier alpha value is -0.890. The van der Waals surface area contributed by atoms with Gasteiger partial charge < -0.3 is 9.15 Å². The molecule has 1 spiro atoms. The van der Waals surface area contributed by atoms with Crippen LogP contribution in [0.25, 0.3) is 0 Å². The first-order chi connectivity index (χ1) is 11.5. The number of furan rings is 1. The minimum Gasteiger partial charge on any atom is -0.468 e. The van der Waals surface area contributed by atoms with Crippen molar-refractivity contribution in [3.05, 3.63) is 24.2 Å². The van der Waals surface area contributed by atoms with Gasteiger partial charge in [0, 0.05) is 25.7 Å². The highest BCUT2D eigenvalue weighted by Crippen LogP contribution is 2.36. The zero-order chi connectivity index (χ0) is 16.6. The lowest BCUT2D eigenvalue weighted by Gasteiger charge is -2.46. The molecule has 0 amide bonds. The molecule has 6 nitrogen and oxygen atoms in total. The van der Waals surface area contributed by atoms with Gasteiger partial charge in [0.05, 0.1) is 23.7 Å². The number of nitrogens with one attached hydrogen (secondary N) is 1. The summed E-state index contributed by atoms with van der Waals surface area (Å²) in [6.07, 6.45) is 6.82. The Morgan fingerprint density at radius 1 is 1.25 bits per heavy atom. The monoisotopic (exact) mass is 354 g/mol. The third-order valence-electron chi connectivity index (χ3n) is 5.51. The fraction of sp³-hybridized carbons (Fsp3) is 0.765. The van der Waals surface area contributed by atoms with Crippen LogP contribution in [0.5, 0.6) is 0 Å². The van der Waals surface area contributed by atoms with Crippen molar-refractivity contribution in [3.8, 4) is 0 Å². The van der Waals surface area contributed by atoms with Crippen molar-refractivity contribution in [1.29, 1.82) is 0 Å². The predicted molar refractivity (Wildman–Crippen MR) is 90.0 cm³/mol. The van der Waals surface area contributed by atoms with Gasteiger partial charge in [0.2, 0.25) is 10.0 Å². The highest BCUT2D eigenvalue weighted by molar-refractivity contribution is 7.90. The number of hydrogen-bond donors (Lipinski definition) is 1. The molecule has 7 heteroatoms.